The maximum absolute atomic E-state index is 12.2. The van der Waals surface area contributed by atoms with Gasteiger partial charge in [-0.25, -0.2) is 10.4 Å². The quantitative estimate of drug-likeness (QED) is 0.442. The predicted octanol–water partition coefficient (Wildman–Crippen LogP) is 1.21. The molecule has 9 heteroatoms. The molecular weight excluding hydrogens is 362 g/mol. The fraction of sp³-hybridized carbons (Fsp3) is 0.158. The van der Waals surface area contributed by atoms with Crippen LogP contribution in [0, 0.1) is 0 Å². The van der Waals surface area contributed by atoms with Gasteiger partial charge >= 0.3 is 0 Å². The first-order valence-corrected chi connectivity index (χ1v) is 8.44. The third kappa shape index (κ3) is 5.07. The normalized spacial score (nSPS) is 15.8. The van der Waals surface area contributed by atoms with Gasteiger partial charge in [-0.3, -0.25) is 14.9 Å². The molecule has 0 bridgehead atoms. The Bertz CT molecular complexity index is 924. The van der Waals surface area contributed by atoms with Crippen LogP contribution in [0.3, 0.4) is 0 Å². The van der Waals surface area contributed by atoms with E-state index < -0.39 is 6.04 Å². The Morgan fingerprint density at radius 1 is 1.32 bits per heavy atom. The molecule has 9 nitrogen and oxygen atoms in total. The highest BCUT2D eigenvalue weighted by Crippen LogP contribution is 2.17. The van der Waals surface area contributed by atoms with Crippen molar-refractivity contribution in [2.45, 2.75) is 12.5 Å². The Morgan fingerprint density at radius 2 is 2.11 bits per heavy atom. The molecule has 1 atom stereocenters. The molecule has 1 unspecified atom stereocenters. The van der Waals surface area contributed by atoms with Gasteiger partial charge in [0.15, 0.2) is 0 Å². The molecule has 2 amide bonds. The Hall–Kier alpha value is -3.88. The van der Waals surface area contributed by atoms with Crippen LogP contribution >= 0.6 is 0 Å². The summed E-state index contributed by atoms with van der Waals surface area (Å²) >= 11 is 0. The van der Waals surface area contributed by atoms with E-state index in [0.29, 0.717) is 11.4 Å². The summed E-state index contributed by atoms with van der Waals surface area (Å²) in [7, 11) is 1.54. The number of phenols is 1. The second-order valence-electron chi connectivity index (χ2n) is 5.93. The molecule has 0 saturated heterocycles. The van der Waals surface area contributed by atoms with E-state index in [1.54, 1.807) is 36.4 Å². The monoisotopic (exact) mass is 381 g/mol. The lowest BCUT2D eigenvalue weighted by Gasteiger charge is -2.08. The van der Waals surface area contributed by atoms with Gasteiger partial charge < -0.3 is 15.2 Å². The van der Waals surface area contributed by atoms with E-state index in [2.05, 4.69) is 26.2 Å². The zero-order valence-corrected chi connectivity index (χ0v) is 15.0. The summed E-state index contributed by atoms with van der Waals surface area (Å²) in [5.74, 6) is 0.216. The van der Waals surface area contributed by atoms with E-state index in [4.69, 9.17) is 4.74 Å². The van der Waals surface area contributed by atoms with Gasteiger partial charge in [-0.2, -0.15) is 5.10 Å². The van der Waals surface area contributed by atoms with Crippen molar-refractivity contribution in [1.29, 1.82) is 0 Å². The number of aliphatic imine (C=N–C) groups is 1. The van der Waals surface area contributed by atoms with Crippen LogP contribution in [0.2, 0.25) is 0 Å². The summed E-state index contributed by atoms with van der Waals surface area (Å²) in [4.78, 5) is 28.3. The van der Waals surface area contributed by atoms with Crippen LogP contribution in [0.15, 0.2) is 58.6 Å². The van der Waals surface area contributed by atoms with Crippen molar-refractivity contribution in [1.82, 2.24) is 10.7 Å². The maximum atomic E-state index is 12.2. The Balaban J connectivity index is 1.54. The number of hydrogen-bond donors (Lipinski definition) is 4. The molecule has 0 radical (unpaired) electrons. The minimum Gasteiger partial charge on any atom is -0.508 e. The highest BCUT2D eigenvalue weighted by molar-refractivity contribution is 6.07. The number of anilines is 1. The van der Waals surface area contributed by atoms with E-state index in [0.717, 1.165) is 5.56 Å². The lowest BCUT2D eigenvalue weighted by atomic mass is 10.2. The topological polar surface area (TPSA) is 124 Å². The van der Waals surface area contributed by atoms with Crippen LogP contribution in [0.1, 0.15) is 12.0 Å². The zero-order chi connectivity index (χ0) is 19.9. The summed E-state index contributed by atoms with van der Waals surface area (Å²) < 4.78 is 5.10. The largest absolute Gasteiger partial charge is 0.508 e. The Labute approximate surface area is 161 Å². The third-order valence-electron chi connectivity index (χ3n) is 3.84. The lowest BCUT2D eigenvalue weighted by molar-refractivity contribution is -0.123. The van der Waals surface area contributed by atoms with Gasteiger partial charge in [0.2, 0.25) is 11.9 Å². The van der Waals surface area contributed by atoms with E-state index in [1.165, 1.54) is 25.5 Å². The van der Waals surface area contributed by atoms with Gasteiger partial charge in [0, 0.05) is 11.8 Å². The van der Waals surface area contributed by atoms with Crippen LogP contribution in [0.5, 0.6) is 11.5 Å². The number of nitrogens with one attached hydrogen (secondary N) is 3. The Kier molecular flexibility index (Phi) is 5.85. The second kappa shape index (κ2) is 8.67. The number of benzene rings is 2. The van der Waals surface area contributed by atoms with E-state index in [9.17, 15) is 14.7 Å². The summed E-state index contributed by atoms with van der Waals surface area (Å²) in [6.45, 7) is 0. The number of hydrogen-bond acceptors (Lipinski definition) is 7. The first kappa shape index (κ1) is 18.9. The molecule has 3 rings (SSSR count). The van der Waals surface area contributed by atoms with Gasteiger partial charge in [0.25, 0.3) is 5.91 Å². The van der Waals surface area contributed by atoms with E-state index in [1.807, 2.05) is 0 Å². The third-order valence-corrected chi connectivity index (χ3v) is 3.84. The number of phenolic OH excluding ortho intramolecular Hbond substituents is 1. The number of rotatable bonds is 6. The van der Waals surface area contributed by atoms with Crippen LogP contribution in [-0.4, -0.2) is 42.2 Å². The number of methoxy groups -OCH3 is 1. The Morgan fingerprint density at radius 3 is 2.86 bits per heavy atom. The highest BCUT2D eigenvalue weighted by Gasteiger charge is 2.28. The van der Waals surface area contributed by atoms with Crippen molar-refractivity contribution in [3.05, 3.63) is 54.1 Å². The molecule has 28 heavy (non-hydrogen) atoms. The lowest BCUT2D eigenvalue weighted by Crippen LogP contribution is -2.35. The number of amides is 2. The average molecular weight is 381 g/mol. The van der Waals surface area contributed by atoms with Gasteiger partial charge in [-0.05, 0) is 42.0 Å². The maximum Gasteiger partial charge on any atom is 0.252 e. The van der Waals surface area contributed by atoms with Crippen molar-refractivity contribution in [3.63, 3.8) is 0 Å². The molecule has 1 aliphatic rings. The molecule has 2 aromatic carbocycles. The standard InChI is InChI=1S/C19H19N5O4/c1-28-15-4-2-3-13(9-15)21-17(26)10-16-18(27)23-19(22-16)24-20-11-12-5-7-14(25)8-6-12/h2-9,11,16,25H,10H2,1H3,(H,21,26)(H2,22,23,24,27)/b20-11+. The molecule has 0 fully saturated rings. The fourth-order valence-corrected chi connectivity index (χ4v) is 2.46. The number of hydrazone groups is 1. The van der Waals surface area contributed by atoms with Crippen LogP contribution < -0.4 is 20.8 Å². The summed E-state index contributed by atoms with van der Waals surface area (Å²) in [6.07, 6.45) is 1.41. The van der Waals surface area contributed by atoms with Crippen molar-refractivity contribution in [2.75, 3.05) is 12.4 Å². The SMILES string of the molecule is COc1cccc(NC(=O)CC2N=C(N/N=C/c3ccc(O)cc3)NC2=O)c1. The summed E-state index contributed by atoms with van der Waals surface area (Å²) in [6, 6.07) is 12.5. The number of carbonyl (C=O) groups excluding carboxylic acids is 2. The van der Waals surface area contributed by atoms with Crippen molar-refractivity contribution >= 4 is 29.7 Å². The number of nitrogens with zero attached hydrogens (tertiary/aromatic N) is 2. The zero-order valence-electron chi connectivity index (χ0n) is 15.0. The molecule has 4 N–H and O–H groups in total. The fourth-order valence-electron chi connectivity index (χ4n) is 2.46. The molecule has 0 aromatic heterocycles. The molecule has 144 valence electrons. The second-order valence-corrected chi connectivity index (χ2v) is 5.93. The first-order valence-electron chi connectivity index (χ1n) is 8.44. The van der Waals surface area contributed by atoms with Gasteiger partial charge in [-0.15, -0.1) is 0 Å². The van der Waals surface area contributed by atoms with Crippen molar-refractivity contribution in [2.24, 2.45) is 10.1 Å². The molecular formula is C19H19N5O4. The first-order chi connectivity index (χ1) is 13.5. The minimum atomic E-state index is -0.836. The molecule has 0 saturated carbocycles. The van der Waals surface area contributed by atoms with Crippen molar-refractivity contribution < 1.29 is 19.4 Å². The van der Waals surface area contributed by atoms with Gasteiger partial charge in [0.1, 0.15) is 17.5 Å². The van der Waals surface area contributed by atoms with Crippen LogP contribution in [0.4, 0.5) is 5.69 Å². The van der Waals surface area contributed by atoms with Gasteiger partial charge in [-0.1, -0.05) is 6.07 Å². The van der Waals surface area contributed by atoms with E-state index in [-0.39, 0.29) is 29.9 Å². The number of guanidine groups is 1. The van der Waals surface area contributed by atoms with Gasteiger partial charge in [0.05, 0.1) is 19.7 Å². The molecule has 2 aromatic rings. The molecule has 1 aliphatic heterocycles. The van der Waals surface area contributed by atoms with E-state index >= 15 is 0 Å². The summed E-state index contributed by atoms with van der Waals surface area (Å²) in [5, 5.41) is 18.5. The predicted molar refractivity (Wildman–Crippen MR) is 104 cm³/mol. The van der Waals surface area contributed by atoms with Crippen molar-refractivity contribution in [3.8, 4) is 11.5 Å². The highest BCUT2D eigenvalue weighted by atomic mass is 16.5. The molecule has 1 heterocycles. The van der Waals surface area contributed by atoms with Crippen LogP contribution in [0.25, 0.3) is 0 Å². The minimum absolute atomic E-state index is 0.101. The average Bonchev–Trinajstić information content (AvgIpc) is 3.02. The van der Waals surface area contributed by atoms with Crippen LogP contribution in [-0.2, 0) is 9.59 Å². The number of carbonyl (C=O) groups is 2. The molecule has 0 spiro atoms. The smallest absolute Gasteiger partial charge is 0.252 e. The number of ether oxygens (including phenoxy) is 1. The summed E-state index contributed by atoms with van der Waals surface area (Å²) in [5.41, 5.74) is 3.95. The molecule has 0 aliphatic carbocycles. The number of aromatic hydroxyl groups is 1.